The molecule has 60 valence electrons. The summed E-state index contributed by atoms with van der Waals surface area (Å²) in [6.07, 6.45) is 0. The van der Waals surface area contributed by atoms with E-state index >= 15 is 0 Å². The van der Waals surface area contributed by atoms with Crippen molar-refractivity contribution in [1.82, 2.24) is 4.98 Å². The molecule has 0 saturated heterocycles. The Labute approximate surface area is 81.9 Å². The minimum absolute atomic E-state index is 0.303. The lowest BCUT2D eigenvalue weighted by molar-refractivity contribution is 0.0605. The predicted octanol–water partition coefficient (Wildman–Crippen LogP) is 1.84. The molecule has 1 aromatic heterocycles. The van der Waals surface area contributed by atoms with Crippen molar-refractivity contribution in [3.63, 3.8) is 0 Å². The third-order valence-corrected chi connectivity index (χ3v) is 2.97. The second kappa shape index (κ2) is 3.48. The molecule has 1 heterocycles. The number of halogens is 1. The molecular weight excluding hydrogens is 277 g/mol. The van der Waals surface area contributed by atoms with Gasteiger partial charge in [0.15, 0.2) is 3.01 Å². The number of aromatic nitrogens is 1. The number of hydrogen-bond donors (Lipinski definition) is 0. The highest BCUT2D eigenvalue weighted by Crippen LogP contribution is 2.19. The lowest BCUT2D eigenvalue weighted by Crippen LogP contribution is -1.99. The fourth-order valence-corrected chi connectivity index (χ4v) is 2.38. The van der Waals surface area contributed by atoms with Crippen molar-refractivity contribution < 1.29 is 9.53 Å². The monoisotopic (exact) mass is 283 g/mol. The van der Waals surface area contributed by atoms with Gasteiger partial charge in [0.05, 0.1) is 12.8 Å². The molecule has 0 fully saturated rings. The van der Waals surface area contributed by atoms with Crippen LogP contribution in [0.1, 0.15) is 15.4 Å². The summed E-state index contributed by atoms with van der Waals surface area (Å²) in [6, 6.07) is 0. The van der Waals surface area contributed by atoms with Gasteiger partial charge in [-0.1, -0.05) is 0 Å². The molecule has 0 aromatic carbocycles. The number of nitrogens with zero attached hydrogens (tertiary/aromatic N) is 1. The molecule has 0 unspecified atom stereocenters. The van der Waals surface area contributed by atoms with Crippen LogP contribution in [0.5, 0.6) is 0 Å². The SMILES string of the molecule is COC(=O)c1sc(I)nc1C. The van der Waals surface area contributed by atoms with E-state index in [9.17, 15) is 4.79 Å². The Morgan fingerprint density at radius 1 is 1.73 bits per heavy atom. The van der Waals surface area contributed by atoms with Gasteiger partial charge in [-0.05, 0) is 29.5 Å². The molecule has 0 amide bonds. The van der Waals surface area contributed by atoms with Crippen LogP contribution in [-0.4, -0.2) is 18.1 Å². The zero-order chi connectivity index (χ0) is 8.43. The largest absolute Gasteiger partial charge is 0.465 e. The zero-order valence-corrected chi connectivity index (χ0v) is 9.02. The number of methoxy groups -OCH3 is 1. The number of thiazole rings is 1. The van der Waals surface area contributed by atoms with E-state index in [2.05, 4.69) is 32.3 Å². The smallest absolute Gasteiger partial charge is 0.350 e. The van der Waals surface area contributed by atoms with Gasteiger partial charge >= 0.3 is 5.97 Å². The summed E-state index contributed by atoms with van der Waals surface area (Å²) in [4.78, 5) is 15.7. The standard InChI is InChI=1S/C6H6INO2S/c1-3-4(5(9)10-2)11-6(7)8-3/h1-2H3. The van der Waals surface area contributed by atoms with Crippen molar-refractivity contribution in [1.29, 1.82) is 0 Å². The second-order valence-corrected chi connectivity index (χ2v) is 4.63. The highest BCUT2D eigenvalue weighted by atomic mass is 127. The second-order valence-electron chi connectivity index (χ2n) is 1.87. The summed E-state index contributed by atoms with van der Waals surface area (Å²) in [7, 11) is 1.37. The summed E-state index contributed by atoms with van der Waals surface area (Å²) < 4.78 is 5.42. The van der Waals surface area contributed by atoms with Crippen molar-refractivity contribution in [3.8, 4) is 0 Å². The molecule has 0 aliphatic rings. The van der Waals surface area contributed by atoms with E-state index in [0.29, 0.717) is 4.88 Å². The molecule has 3 nitrogen and oxygen atoms in total. The first-order valence-electron chi connectivity index (χ1n) is 2.86. The Hall–Kier alpha value is -0.170. The molecule has 5 heteroatoms. The van der Waals surface area contributed by atoms with Crippen LogP contribution in [-0.2, 0) is 4.74 Å². The molecule has 0 atom stereocenters. The Bertz CT molecular complexity index is 284. The fourth-order valence-electron chi connectivity index (χ4n) is 0.646. The van der Waals surface area contributed by atoms with Gasteiger partial charge in [0.2, 0.25) is 0 Å². The molecule has 0 aliphatic carbocycles. The van der Waals surface area contributed by atoms with Gasteiger partial charge < -0.3 is 4.74 Å². The van der Waals surface area contributed by atoms with E-state index in [1.807, 2.05) is 0 Å². The van der Waals surface area contributed by atoms with E-state index in [-0.39, 0.29) is 5.97 Å². The van der Waals surface area contributed by atoms with E-state index in [1.165, 1.54) is 18.4 Å². The number of carbonyl (C=O) groups is 1. The molecule has 0 N–H and O–H groups in total. The number of aryl methyl sites for hydroxylation is 1. The lowest BCUT2D eigenvalue weighted by Gasteiger charge is -1.92. The molecule has 0 aliphatic heterocycles. The number of rotatable bonds is 1. The van der Waals surface area contributed by atoms with Gasteiger partial charge in [-0.2, -0.15) is 0 Å². The van der Waals surface area contributed by atoms with Crippen molar-refractivity contribution >= 4 is 39.9 Å². The zero-order valence-electron chi connectivity index (χ0n) is 6.05. The highest BCUT2D eigenvalue weighted by molar-refractivity contribution is 14.1. The highest BCUT2D eigenvalue weighted by Gasteiger charge is 2.13. The summed E-state index contributed by atoms with van der Waals surface area (Å²) in [5.74, 6) is -0.303. The Balaban J connectivity index is 3.03. The topological polar surface area (TPSA) is 39.2 Å². The van der Waals surface area contributed by atoms with Crippen molar-refractivity contribution in [3.05, 3.63) is 13.6 Å². The maximum absolute atomic E-state index is 11.0. The first-order chi connectivity index (χ1) is 5.15. The third-order valence-electron chi connectivity index (χ3n) is 1.14. The Morgan fingerprint density at radius 2 is 2.36 bits per heavy atom. The Morgan fingerprint density at radius 3 is 2.73 bits per heavy atom. The van der Waals surface area contributed by atoms with E-state index < -0.39 is 0 Å². The third kappa shape index (κ3) is 1.90. The number of carbonyl (C=O) groups excluding carboxylic acids is 1. The minimum Gasteiger partial charge on any atom is -0.465 e. The molecular formula is C6H6INO2S. The van der Waals surface area contributed by atoms with Gasteiger partial charge in [-0.3, -0.25) is 0 Å². The van der Waals surface area contributed by atoms with Gasteiger partial charge in [0.25, 0.3) is 0 Å². The van der Waals surface area contributed by atoms with Gasteiger partial charge in [-0.25, -0.2) is 9.78 Å². The molecule has 1 rings (SSSR count). The normalized spacial score (nSPS) is 9.73. The van der Waals surface area contributed by atoms with Crippen LogP contribution in [0.2, 0.25) is 0 Å². The van der Waals surface area contributed by atoms with Crippen LogP contribution in [0.3, 0.4) is 0 Å². The van der Waals surface area contributed by atoms with E-state index in [0.717, 1.165) is 8.71 Å². The van der Waals surface area contributed by atoms with Crippen molar-refractivity contribution in [2.45, 2.75) is 6.92 Å². The molecule has 0 radical (unpaired) electrons. The quantitative estimate of drug-likeness (QED) is 0.583. The minimum atomic E-state index is -0.303. The number of hydrogen-bond acceptors (Lipinski definition) is 4. The maximum Gasteiger partial charge on any atom is 0.350 e. The van der Waals surface area contributed by atoms with Gasteiger partial charge in [0, 0.05) is 0 Å². The molecule has 1 aromatic rings. The van der Waals surface area contributed by atoms with Crippen LogP contribution in [0.25, 0.3) is 0 Å². The van der Waals surface area contributed by atoms with Crippen LogP contribution < -0.4 is 0 Å². The van der Waals surface area contributed by atoms with Gasteiger partial charge in [-0.15, -0.1) is 11.3 Å². The molecule has 0 bridgehead atoms. The summed E-state index contributed by atoms with van der Waals surface area (Å²) in [6.45, 7) is 1.80. The first kappa shape index (κ1) is 8.92. The Kier molecular flexibility index (Phi) is 2.83. The first-order valence-corrected chi connectivity index (χ1v) is 4.76. The van der Waals surface area contributed by atoms with E-state index in [4.69, 9.17) is 0 Å². The van der Waals surface area contributed by atoms with E-state index in [1.54, 1.807) is 6.92 Å². The lowest BCUT2D eigenvalue weighted by atomic mass is 10.4. The average Bonchev–Trinajstić information content (AvgIpc) is 2.28. The maximum atomic E-state index is 11.0. The molecule has 0 spiro atoms. The molecule has 0 saturated carbocycles. The van der Waals surface area contributed by atoms with Crippen LogP contribution in [0.15, 0.2) is 0 Å². The number of esters is 1. The number of ether oxygens (including phenoxy) is 1. The molecule has 11 heavy (non-hydrogen) atoms. The van der Waals surface area contributed by atoms with Crippen molar-refractivity contribution in [2.75, 3.05) is 7.11 Å². The van der Waals surface area contributed by atoms with Crippen LogP contribution in [0.4, 0.5) is 0 Å². The summed E-state index contributed by atoms with van der Waals surface area (Å²) in [5, 5.41) is 0. The van der Waals surface area contributed by atoms with Crippen molar-refractivity contribution in [2.24, 2.45) is 0 Å². The predicted molar refractivity (Wildman–Crippen MR) is 50.9 cm³/mol. The van der Waals surface area contributed by atoms with Crippen LogP contribution >= 0.6 is 33.9 Å². The summed E-state index contributed by atoms with van der Waals surface area (Å²) >= 11 is 3.42. The summed E-state index contributed by atoms with van der Waals surface area (Å²) in [5.41, 5.74) is 0.742. The van der Waals surface area contributed by atoms with Crippen LogP contribution in [0, 0.1) is 9.94 Å². The average molecular weight is 283 g/mol. The van der Waals surface area contributed by atoms with Gasteiger partial charge in [0.1, 0.15) is 4.88 Å². The fraction of sp³-hybridized carbons (Fsp3) is 0.333.